The van der Waals surface area contributed by atoms with Gasteiger partial charge in [-0.15, -0.1) is 5.10 Å². The van der Waals surface area contributed by atoms with Crippen molar-refractivity contribution < 1.29 is 0 Å². The third-order valence-corrected chi connectivity index (χ3v) is 5.52. The lowest BCUT2D eigenvalue weighted by molar-refractivity contribution is -0.0518. The van der Waals surface area contributed by atoms with Crippen molar-refractivity contribution in [1.82, 2.24) is 25.5 Å². The normalized spacial score (nSPS) is 39.9. The van der Waals surface area contributed by atoms with E-state index in [0.29, 0.717) is 0 Å². The molecule has 0 atom stereocenters. The number of nitrogens with zero attached hydrogens (tertiary/aromatic N) is 4. The minimum absolute atomic E-state index is 0.253. The van der Waals surface area contributed by atoms with E-state index in [1.54, 1.807) is 0 Å². The van der Waals surface area contributed by atoms with Gasteiger partial charge in [-0.25, -0.2) is 4.68 Å². The Bertz CT molecular complexity index is 431. The maximum absolute atomic E-state index is 4.37. The first-order valence-electron chi connectivity index (χ1n) is 7.77. The van der Waals surface area contributed by atoms with Crippen LogP contribution in [0, 0.1) is 17.8 Å². The maximum atomic E-state index is 4.37. The van der Waals surface area contributed by atoms with E-state index in [0.717, 1.165) is 36.7 Å². The summed E-state index contributed by atoms with van der Waals surface area (Å²) < 4.78 is 2.19. The second-order valence-corrected chi connectivity index (χ2v) is 6.93. The summed E-state index contributed by atoms with van der Waals surface area (Å²) in [5, 5.41) is 15.9. The molecule has 0 aliphatic heterocycles. The number of rotatable bonds is 4. The summed E-state index contributed by atoms with van der Waals surface area (Å²) in [5.74, 6) is 3.83. The average molecular weight is 261 g/mol. The Balaban J connectivity index is 1.66. The molecule has 1 N–H and O–H groups in total. The largest absolute Gasteiger partial charge is 0.310 e. The molecule has 0 radical (unpaired) electrons. The van der Waals surface area contributed by atoms with Crippen LogP contribution in [0.5, 0.6) is 0 Å². The summed E-state index contributed by atoms with van der Waals surface area (Å²) >= 11 is 0. The highest BCUT2D eigenvalue weighted by Crippen LogP contribution is 2.58. The first-order chi connectivity index (χ1) is 9.29. The molecule has 4 fully saturated rings. The monoisotopic (exact) mass is 261 g/mol. The van der Waals surface area contributed by atoms with E-state index in [9.17, 15) is 0 Å². The van der Waals surface area contributed by atoms with Gasteiger partial charge >= 0.3 is 0 Å². The molecule has 5 heteroatoms. The van der Waals surface area contributed by atoms with Crippen molar-refractivity contribution in [3.05, 3.63) is 5.82 Å². The third kappa shape index (κ3) is 1.82. The van der Waals surface area contributed by atoms with Gasteiger partial charge in [0.05, 0.1) is 12.1 Å². The molecule has 5 nitrogen and oxygen atoms in total. The van der Waals surface area contributed by atoms with Gasteiger partial charge < -0.3 is 5.32 Å². The van der Waals surface area contributed by atoms with Crippen molar-refractivity contribution in [3.8, 4) is 0 Å². The van der Waals surface area contributed by atoms with Crippen LogP contribution in [0.4, 0.5) is 0 Å². The van der Waals surface area contributed by atoms with Crippen molar-refractivity contribution in [2.45, 2.75) is 57.5 Å². The van der Waals surface area contributed by atoms with E-state index in [1.165, 1.54) is 38.5 Å². The fourth-order valence-corrected chi connectivity index (χ4v) is 5.25. The van der Waals surface area contributed by atoms with Gasteiger partial charge in [0.1, 0.15) is 0 Å². The molecule has 0 unspecified atom stereocenters. The fourth-order valence-electron chi connectivity index (χ4n) is 5.25. The second-order valence-electron chi connectivity index (χ2n) is 6.93. The van der Waals surface area contributed by atoms with E-state index >= 15 is 0 Å². The van der Waals surface area contributed by atoms with E-state index in [-0.39, 0.29) is 5.54 Å². The minimum atomic E-state index is 0.253. The van der Waals surface area contributed by atoms with Gasteiger partial charge in [-0.2, -0.15) is 0 Å². The number of hydrogen-bond acceptors (Lipinski definition) is 4. The Morgan fingerprint density at radius 1 is 1.16 bits per heavy atom. The molecule has 0 spiro atoms. The third-order valence-electron chi connectivity index (χ3n) is 5.52. The van der Waals surface area contributed by atoms with E-state index in [2.05, 4.69) is 32.4 Å². The van der Waals surface area contributed by atoms with Crippen molar-refractivity contribution in [3.63, 3.8) is 0 Å². The van der Waals surface area contributed by atoms with Gasteiger partial charge in [0, 0.05) is 0 Å². The first-order valence-corrected chi connectivity index (χ1v) is 7.77. The first kappa shape index (κ1) is 11.8. The Hall–Kier alpha value is -0.970. The lowest BCUT2D eigenvalue weighted by Gasteiger charge is -2.56. The standard InChI is InChI=1S/C14H23N5/c1-2-15-9-13-16-17-18-19(13)14-6-10-3-11(7-14)5-12(4-10)8-14/h10-12,15H,2-9H2,1H3. The lowest BCUT2D eigenvalue weighted by Crippen LogP contribution is -2.52. The van der Waals surface area contributed by atoms with E-state index < -0.39 is 0 Å². The Labute approximate surface area is 114 Å². The smallest absolute Gasteiger partial charge is 0.165 e. The van der Waals surface area contributed by atoms with Gasteiger partial charge in [0.15, 0.2) is 5.82 Å². The molecule has 4 saturated carbocycles. The van der Waals surface area contributed by atoms with Gasteiger partial charge in [0.2, 0.25) is 0 Å². The van der Waals surface area contributed by atoms with E-state index in [4.69, 9.17) is 0 Å². The number of tetrazole rings is 1. The molecule has 0 saturated heterocycles. The summed E-state index contributed by atoms with van der Waals surface area (Å²) in [4.78, 5) is 0. The zero-order chi connectivity index (χ0) is 12.9. The van der Waals surface area contributed by atoms with Crippen LogP contribution in [0.25, 0.3) is 0 Å². The summed E-state index contributed by atoms with van der Waals surface area (Å²) in [5.41, 5.74) is 0.253. The fraction of sp³-hybridized carbons (Fsp3) is 0.929. The Morgan fingerprint density at radius 2 is 1.79 bits per heavy atom. The molecular formula is C14H23N5. The molecule has 1 aromatic rings. The van der Waals surface area contributed by atoms with Gasteiger partial charge in [-0.1, -0.05) is 6.92 Å². The second kappa shape index (κ2) is 4.27. The summed E-state index contributed by atoms with van der Waals surface area (Å²) in [6.07, 6.45) is 8.31. The van der Waals surface area contributed by atoms with Crippen molar-refractivity contribution >= 4 is 0 Å². The molecule has 1 aromatic heterocycles. The number of hydrogen-bond donors (Lipinski definition) is 1. The van der Waals surface area contributed by atoms with Crippen LogP contribution in [-0.2, 0) is 12.1 Å². The average Bonchev–Trinajstić information content (AvgIpc) is 2.83. The topological polar surface area (TPSA) is 55.6 Å². The van der Waals surface area contributed by atoms with Crippen LogP contribution >= 0.6 is 0 Å². The lowest BCUT2D eigenvalue weighted by atomic mass is 9.53. The molecule has 4 aliphatic carbocycles. The Morgan fingerprint density at radius 3 is 2.37 bits per heavy atom. The van der Waals surface area contributed by atoms with Crippen LogP contribution in [0.3, 0.4) is 0 Å². The van der Waals surface area contributed by atoms with Crippen molar-refractivity contribution in [2.24, 2.45) is 17.8 Å². The molecule has 5 rings (SSSR count). The molecule has 0 amide bonds. The van der Waals surface area contributed by atoms with Crippen LogP contribution in [-0.4, -0.2) is 26.8 Å². The molecule has 0 aromatic carbocycles. The van der Waals surface area contributed by atoms with Gasteiger partial charge in [0.25, 0.3) is 0 Å². The molecule has 4 aliphatic rings. The molecule has 1 heterocycles. The zero-order valence-electron chi connectivity index (χ0n) is 11.7. The molecule has 19 heavy (non-hydrogen) atoms. The Kier molecular flexibility index (Phi) is 2.65. The SMILES string of the molecule is CCNCc1nnnn1C12CC3CC(CC(C3)C1)C2. The summed E-state index contributed by atoms with van der Waals surface area (Å²) in [7, 11) is 0. The zero-order valence-corrected chi connectivity index (χ0v) is 11.7. The highest BCUT2D eigenvalue weighted by molar-refractivity contribution is 5.06. The molecule has 104 valence electrons. The van der Waals surface area contributed by atoms with Crippen LogP contribution < -0.4 is 5.32 Å². The van der Waals surface area contributed by atoms with E-state index in [1.807, 2.05) is 0 Å². The predicted molar refractivity (Wildman–Crippen MR) is 71.3 cm³/mol. The predicted octanol–water partition coefficient (Wildman–Crippen LogP) is 1.71. The highest BCUT2D eigenvalue weighted by atomic mass is 15.6. The maximum Gasteiger partial charge on any atom is 0.165 e. The highest BCUT2D eigenvalue weighted by Gasteiger charge is 2.53. The summed E-state index contributed by atoms with van der Waals surface area (Å²) in [6.45, 7) is 3.89. The van der Waals surface area contributed by atoms with Crippen LogP contribution in [0.1, 0.15) is 51.3 Å². The van der Waals surface area contributed by atoms with Crippen LogP contribution in [0.15, 0.2) is 0 Å². The van der Waals surface area contributed by atoms with Crippen molar-refractivity contribution in [2.75, 3.05) is 6.54 Å². The van der Waals surface area contributed by atoms with Crippen molar-refractivity contribution in [1.29, 1.82) is 0 Å². The molecular weight excluding hydrogens is 238 g/mol. The van der Waals surface area contributed by atoms with Gasteiger partial charge in [-0.05, 0) is 73.3 Å². The minimum Gasteiger partial charge on any atom is -0.310 e. The molecule has 4 bridgehead atoms. The van der Waals surface area contributed by atoms with Crippen LogP contribution in [0.2, 0.25) is 0 Å². The van der Waals surface area contributed by atoms with Gasteiger partial charge in [-0.3, -0.25) is 0 Å². The summed E-state index contributed by atoms with van der Waals surface area (Å²) in [6, 6.07) is 0. The number of aromatic nitrogens is 4. The quantitative estimate of drug-likeness (QED) is 0.896. The number of nitrogens with one attached hydrogen (secondary N) is 1.